The average Bonchev–Trinajstić information content (AvgIpc) is 3.58. The van der Waals surface area contributed by atoms with Crippen LogP contribution in [0.4, 0.5) is 0 Å². The first-order valence-corrected chi connectivity index (χ1v) is 11.1. The van der Waals surface area contributed by atoms with Crippen LogP contribution >= 0.6 is 0 Å². The molecule has 0 radical (unpaired) electrons. The Morgan fingerprint density at radius 2 is 1.06 bits per heavy atom. The van der Waals surface area contributed by atoms with Gasteiger partial charge in [-0.15, -0.1) is 0 Å². The fourth-order valence-corrected chi connectivity index (χ4v) is 5.26. The van der Waals surface area contributed by atoms with Crippen molar-refractivity contribution in [2.75, 3.05) is 0 Å². The lowest BCUT2D eigenvalue weighted by Gasteiger charge is -2.18. The van der Waals surface area contributed by atoms with Crippen molar-refractivity contribution < 1.29 is 0 Å². The maximum Gasteiger partial charge on any atom is 0.0272 e. The summed E-state index contributed by atoms with van der Waals surface area (Å²) in [5.74, 6) is 0.495. The Morgan fingerprint density at radius 3 is 1.61 bits per heavy atom. The molecule has 0 aromatic heterocycles. The van der Waals surface area contributed by atoms with E-state index in [1.54, 1.807) is 0 Å². The number of hydrogen-bond donors (Lipinski definition) is 0. The van der Waals surface area contributed by atoms with Gasteiger partial charge in [-0.25, -0.2) is 0 Å². The molecule has 0 heteroatoms. The van der Waals surface area contributed by atoms with Crippen molar-refractivity contribution in [3.63, 3.8) is 0 Å². The Hall–Kier alpha value is -3.64. The second-order valence-electron chi connectivity index (χ2n) is 8.61. The Kier molecular flexibility index (Phi) is 4.25. The van der Waals surface area contributed by atoms with Gasteiger partial charge in [-0.2, -0.15) is 0 Å². The van der Waals surface area contributed by atoms with Gasteiger partial charge in [0, 0.05) is 5.41 Å². The second kappa shape index (κ2) is 7.25. The van der Waals surface area contributed by atoms with E-state index < -0.39 is 0 Å². The topological polar surface area (TPSA) is 0 Å². The largest absolute Gasteiger partial charge is 0.0795 e. The molecule has 0 bridgehead atoms. The fraction of sp³-hybridized carbons (Fsp3) is 0.0968. The minimum atomic E-state index is 0.0827. The number of fused-ring (bicyclic) bond motifs is 2. The Bertz CT molecular complexity index is 1300. The van der Waals surface area contributed by atoms with Crippen LogP contribution in [0.5, 0.6) is 0 Å². The third-order valence-electron chi connectivity index (χ3n) is 6.90. The van der Waals surface area contributed by atoms with Crippen molar-refractivity contribution in [3.8, 4) is 0 Å². The van der Waals surface area contributed by atoms with Gasteiger partial charge < -0.3 is 0 Å². The van der Waals surface area contributed by atoms with Crippen molar-refractivity contribution in [1.82, 2.24) is 0 Å². The summed E-state index contributed by atoms with van der Waals surface area (Å²) >= 11 is 0. The summed E-state index contributed by atoms with van der Waals surface area (Å²) in [6, 6.07) is 41.8. The molecule has 0 nitrogen and oxygen atoms in total. The minimum absolute atomic E-state index is 0.0827. The van der Waals surface area contributed by atoms with Gasteiger partial charge in [-0.3, -0.25) is 0 Å². The zero-order chi connectivity index (χ0) is 20.7. The van der Waals surface area contributed by atoms with E-state index >= 15 is 0 Å². The van der Waals surface area contributed by atoms with E-state index in [-0.39, 0.29) is 5.41 Å². The molecule has 1 aliphatic carbocycles. The molecule has 0 spiro atoms. The molecule has 0 aliphatic heterocycles. The van der Waals surface area contributed by atoms with Crippen LogP contribution in [0.3, 0.4) is 0 Å². The molecule has 1 fully saturated rings. The van der Waals surface area contributed by atoms with Crippen molar-refractivity contribution in [2.24, 2.45) is 5.92 Å². The van der Waals surface area contributed by atoms with E-state index in [1.165, 1.54) is 38.2 Å². The molecular formula is C31H24. The summed E-state index contributed by atoms with van der Waals surface area (Å²) < 4.78 is 0. The lowest BCUT2D eigenvalue weighted by atomic mass is 9.85. The van der Waals surface area contributed by atoms with Gasteiger partial charge in [-0.05, 0) is 56.6 Å². The maximum absolute atomic E-state index is 2.45. The molecule has 0 N–H and O–H groups in total. The summed E-state index contributed by atoms with van der Waals surface area (Å²) in [6.07, 6.45) is 5.98. The van der Waals surface area contributed by atoms with Crippen molar-refractivity contribution in [1.29, 1.82) is 0 Å². The standard InChI is InChI=1S/C31H24/c1-3-13-25(14-4-1)31(26-15-5-2-6-16-26)22-27(31)19-20-30-28-17-9-7-11-23(28)21-24-12-8-10-18-29(24)30/h1-21,27H,22H2/b20-19+. The van der Waals surface area contributed by atoms with Gasteiger partial charge in [0.2, 0.25) is 0 Å². The molecule has 0 amide bonds. The molecule has 5 aromatic rings. The first-order valence-electron chi connectivity index (χ1n) is 11.1. The summed E-state index contributed by atoms with van der Waals surface area (Å²) in [5, 5.41) is 5.24. The summed E-state index contributed by atoms with van der Waals surface area (Å²) in [7, 11) is 0. The number of rotatable bonds is 4. The normalized spacial score (nSPS) is 17.4. The van der Waals surface area contributed by atoms with Gasteiger partial charge in [0.05, 0.1) is 0 Å². The predicted octanol–water partition coefficient (Wildman–Crippen LogP) is 8.01. The monoisotopic (exact) mass is 396 g/mol. The molecule has 31 heavy (non-hydrogen) atoms. The third-order valence-corrected chi connectivity index (χ3v) is 6.90. The molecule has 5 aromatic carbocycles. The van der Waals surface area contributed by atoms with Crippen LogP contribution in [-0.2, 0) is 5.41 Å². The maximum atomic E-state index is 2.45. The first kappa shape index (κ1) is 18.2. The van der Waals surface area contributed by atoms with Crippen molar-refractivity contribution in [3.05, 3.63) is 138 Å². The zero-order valence-electron chi connectivity index (χ0n) is 17.4. The Labute approximate surface area is 183 Å². The molecule has 1 saturated carbocycles. The van der Waals surface area contributed by atoms with Crippen molar-refractivity contribution >= 4 is 27.6 Å². The number of allylic oxidation sites excluding steroid dienone is 1. The highest BCUT2D eigenvalue weighted by Crippen LogP contribution is 2.59. The summed E-state index contributed by atoms with van der Waals surface area (Å²) in [6.45, 7) is 0. The van der Waals surface area contributed by atoms with Gasteiger partial charge in [0.25, 0.3) is 0 Å². The van der Waals surface area contributed by atoms with Crippen LogP contribution in [0.25, 0.3) is 27.6 Å². The van der Waals surface area contributed by atoms with Gasteiger partial charge in [0.15, 0.2) is 0 Å². The molecule has 6 rings (SSSR count). The molecule has 1 atom stereocenters. The van der Waals surface area contributed by atoms with Crippen LogP contribution in [0.15, 0.2) is 121 Å². The van der Waals surface area contributed by atoms with Crippen LogP contribution < -0.4 is 0 Å². The quantitative estimate of drug-likeness (QED) is 0.270. The predicted molar refractivity (Wildman–Crippen MR) is 132 cm³/mol. The minimum Gasteiger partial charge on any atom is -0.0795 e. The Morgan fingerprint density at radius 1 is 0.581 bits per heavy atom. The van der Waals surface area contributed by atoms with E-state index in [4.69, 9.17) is 0 Å². The zero-order valence-corrected chi connectivity index (χ0v) is 17.4. The second-order valence-corrected chi connectivity index (χ2v) is 8.61. The number of benzene rings is 5. The van der Waals surface area contributed by atoms with Crippen LogP contribution in [0, 0.1) is 5.92 Å². The van der Waals surface area contributed by atoms with Gasteiger partial charge in [0.1, 0.15) is 0 Å². The molecule has 1 unspecified atom stereocenters. The Balaban J connectivity index is 1.47. The SMILES string of the molecule is C(=C\C1CC1(c1ccccc1)c1ccccc1)/c1c2ccccc2cc2ccccc12. The summed E-state index contributed by atoms with van der Waals surface area (Å²) in [4.78, 5) is 0. The molecule has 148 valence electrons. The molecular weight excluding hydrogens is 372 g/mol. The molecule has 0 heterocycles. The highest BCUT2D eigenvalue weighted by Gasteiger charge is 2.54. The lowest BCUT2D eigenvalue weighted by molar-refractivity contribution is 0.791. The summed E-state index contributed by atoms with van der Waals surface area (Å²) in [5.41, 5.74) is 4.24. The first-order chi connectivity index (χ1) is 15.4. The van der Waals surface area contributed by atoms with Crippen molar-refractivity contribution in [2.45, 2.75) is 11.8 Å². The van der Waals surface area contributed by atoms with E-state index in [2.05, 4.69) is 127 Å². The van der Waals surface area contributed by atoms with Crippen LogP contribution in [-0.4, -0.2) is 0 Å². The molecule has 1 aliphatic rings. The van der Waals surface area contributed by atoms with E-state index in [1.807, 2.05) is 0 Å². The van der Waals surface area contributed by atoms with Crippen LogP contribution in [0.1, 0.15) is 23.1 Å². The number of hydrogen-bond acceptors (Lipinski definition) is 0. The van der Waals surface area contributed by atoms with Crippen LogP contribution in [0.2, 0.25) is 0 Å². The smallest absolute Gasteiger partial charge is 0.0272 e. The lowest BCUT2D eigenvalue weighted by Crippen LogP contribution is -2.11. The van der Waals surface area contributed by atoms with E-state index in [0.717, 1.165) is 6.42 Å². The molecule has 0 saturated heterocycles. The highest BCUT2D eigenvalue weighted by molar-refractivity contribution is 6.06. The average molecular weight is 397 g/mol. The third kappa shape index (κ3) is 2.99. The van der Waals surface area contributed by atoms with Gasteiger partial charge >= 0.3 is 0 Å². The fourth-order valence-electron chi connectivity index (χ4n) is 5.26. The van der Waals surface area contributed by atoms with E-state index in [9.17, 15) is 0 Å². The highest BCUT2D eigenvalue weighted by atomic mass is 14.6. The van der Waals surface area contributed by atoms with Gasteiger partial charge in [-0.1, -0.05) is 121 Å². The van der Waals surface area contributed by atoms with E-state index in [0.29, 0.717) is 5.92 Å².